The van der Waals surface area contributed by atoms with Gasteiger partial charge in [0.2, 0.25) is 0 Å². The fourth-order valence-corrected chi connectivity index (χ4v) is 3.99. The fourth-order valence-electron chi connectivity index (χ4n) is 3.99. The van der Waals surface area contributed by atoms with Crippen molar-refractivity contribution in [2.24, 2.45) is 5.73 Å². The lowest BCUT2D eigenvalue weighted by Crippen LogP contribution is -2.45. The van der Waals surface area contributed by atoms with Gasteiger partial charge >= 0.3 is 0 Å². The Bertz CT molecular complexity index is 989. The Morgan fingerprint density at radius 3 is 2.57 bits per heavy atom. The van der Waals surface area contributed by atoms with Crippen molar-refractivity contribution >= 4 is 22.6 Å². The lowest BCUT2D eigenvalue weighted by atomic mass is 9.85. The number of carbonyl (C=O) groups is 1. The molecule has 0 unspecified atom stereocenters. The predicted octanol–water partition coefficient (Wildman–Crippen LogP) is 2.85. The van der Waals surface area contributed by atoms with Crippen molar-refractivity contribution in [2.75, 3.05) is 25.1 Å². The molecule has 0 saturated carbocycles. The van der Waals surface area contributed by atoms with Gasteiger partial charge in [0.05, 0.1) is 23.8 Å². The number of hydrogen-bond acceptors (Lipinski definition) is 4. The maximum Gasteiger partial charge on any atom is 0.252 e. The van der Waals surface area contributed by atoms with Crippen LogP contribution in [0.2, 0.25) is 0 Å². The van der Waals surface area contributed by atoms with E-state index in [-0.39, 0.29) is 0 Å². The second-order valence-electron chi connectivity index (χ2n) is 7.53. The van der Waals surface area contributed by atoms with E-state index in [0.29, 0.717) is 30.6 Å². The highest BCUT2D eigenvalue weighted by atomic mass is 16.5. The lowest BCUT2D eigenvalue weighted by molar-refractivity contribution is 0.0164. The van der Waals surface area contributed by atoms with Crippen LogP contribution in [0.4, 0.5) is 5.82 Å². The second kappa shape index (κ2) is 7.20. The molecule has 1 aromatic heterocycles. The van der Waals surface area contributed by atoms with Crippen molar-refractivity contribution in [3.8, 4) is 5.75 Å². The number of primary amides is 1. The Hall–Kier alpha value is -2.99. The molecule has 1 fully saturated rings. The Labute approximate surface area is 163 Å². The third-order valence-corrected chi connectivity index (χ3v) is 5.60. The number of ether oxygens (including phenoxy) is 1. The molecule has 2 aromatic carbocycles. The first-order chi connectivity index (χ1) is 13.5. The third kappa shape index (κ3) is 3.55. The number of aromatic amines is 1. The molecule has 1 aliphatic heterocycles. The summed E-state index contributed by atoms with van der Waals surface area (Å²) in [7, 11) is 1.52. The number of methoxy groups -OCH3 is 1. The van der Waals surface area contributed by atoms with Gasteiger partial charge in [0.25, 0.3) is 5.91 Å². The van der Waals surface area contributed by atoms with Gasteiger partial charge in [-0.2, -0.15) is 0 Å². The summed E-state index contributed by atoms with van der Waals surface area (Å²) in [5.74, 6) is 0.926. The van der Waals surface area contributed by atoms with Gasteiger partial charge in [0, 0.05) is 31.0 Å². The predicted molar refractivity (Wildman–Crippen MR) is 110 cm³/mol. The Balaban J connectivity index is 1.51. The first-order valence-electron chi connectivity index (χ1n) is 9.49. The van der Waals surface area contributed by atoms with Gasteiger partial charge in [0.1, 0.15) is 11.6 Å². The molecule has 0 atom stereocenters. The summed E-state index contributed by atoms with van der Waals surface area (Å²) < 4.78 is 5.29. The summed E-state index contributed by atoms with van der Waals surface area (Å²) in [5, 5.41) is 11.9. The van der Waals surface area contributed by atoms with E-state index in [9.17, 15) is 9.90 Å². The third-order valence-electron chi connectivity index (χ3n) is 5.60. The molecule has 6 nitrogen and oxygen atoms in total. The Morgan fingerprint density at radius 1 is 1.21 bits per heavy atom. The summed E-state index contributed by atoms with van der Waals surface area (Å²) in [6, 6.07) is 15.7. The zero-order valence-electron chi connectivity index (χ0n) is 15.9. The molecule has 3 aromatic rings. The van der Waals surface area contributed by atoms with E-state index in [1.807, 2.05) is 24.3 Å². The van der Waals surface area contributed by atoms with Crippen molar-refractivity contribution in [2.45, 2.75) is 24.9 Å². The molecule has 0 aliphatic carbocycles. The number of benzene rings is 2. The zero-order valence-corrected chi connectivity index (χ0v) is 15.9. The van der Waals surface area contributed by atoms with Gasteiger partial charge in [-0.1, -0.05) is 30.3 Å². The number of amides is 1. The van der Waals surface area contributed by atoms with Crippen LogP contribution in [0.15, 0.2) is 48.5 Å². The molecular weight excluding hydrogens is 354 g/mol. The van der Waals surface area contributed by atoms with Crippen LogP contribution in [0.25, 0.3) is 10.9 Å². The van der Waals surface area contributed by atoms with Gasteiger partial charge in [-0.3, -0.25) is 4.79 Å². The van der Waals surface area contributed by atoms with Crippen LogP contribution in [-0.4, -0.2) is 41.8 Å². The summed E-state index contributed by atoms with van der Waals surface area (Å²) in [6.45, 7) is 1.52. The molecule has 0 radical (unpaired) electrons. The standard InChI is InChI=1S/C22H25N3O3/c1-28-19-13-18-16(11-17(19)21(23)26)12-20(24-18)25-9-7-22(27,8-10-25)14-15-5-3-2-4-6-15/h2-6,11-13,24,27H,7-10,14H2,1H3,(H2,23,26). The number of piperidine rings is 1. The molecule has 2 heterocycles. The van der Waals surface area contributed by atoms with E-state index in [1.54, 1.807) is 12.1 Å². The molecule has 146 valence electrons. The minimum Gasteiger partial charge on any atom is -0.496 e. The van der Waals surface area contributed by atoms with Gasteiger partial charge in [-0.25, -0.2) is 0 Å². The number of aliphatic hydroxyl groups is 1. The molecule has 1 saturated heterocycles. The van der Waals surface area contributed by atoms with E-state index in [1.165, 1.54) is 7.11 Å². The SMILES string of the molecule is COc1cc2[nH]c(N3CCC(O)(Cc4ccccc4)CC3)cc2cc1C(N)=O. The largest absolute Gasteiger partial charge is 0.496 e. The normalized spacial score (nSPS) is 16.3. The van der Waals surface area contributed by atoms with E-state index < -0.39 is 11.5 Å². The van der Waals surface area contributed by atoms with Crippen molar-refractivity contribution in [3.05, 3.63) is 59.7 Å². The molecular formula is C22H25N3O3. The average molecular weight is 379 g/mol. The molecule has 6 heteroatoms. The summed E-state index contributed by atoms with van der Waals surface area (Å²) in [4.78, 5) is 17.3. The van der Waals surface area contributed by atoms with Gasteiger partial charge < -0.3 is 25.5 Å². The van der Waals surface area contributed by atoms with E-state index in [0.717, 1.165) is 35.4 Å². The highest BCUT2D eigenvalue weighted by molar-refractivity contribution is 6.00. The molecule has 28 heavy (non-hydrogen) atoms. The number of nitrogens with one attached hydrogen (secondary N) is 1. The van der Waals surface area contributed by atoms with Crippen molar-refractivity contribution < 1.29 is 14.6 Å². The lowest BCUT2D eigenvalue weighted by Gasteiger charge is -2.38. The van der Waals surface area contributed by atoms with Crippen molar-refractivity contribution in [3.63, 3.8) is 0 Å². The summed E-state index contributed by atoms with van der Waals surface area (Å²) >= 11 is 0. The number of rotatable bonds is 5. The molecule has 0 spiro atoms. The van der Waals surface area contributed by atoms with Crippen LogP contribution in [0.5, 0.6) is 5.75 Å². The number of nitrogens with zero attached hydrogens (tertiary/aromatic N) is 1. The Kier molecular flexibility index (Phi) is 4.73. The van der Waals surface area contributed by atoms with Crippen molar-refractivity contribution in [1.29, 1.82) is 0 Å². The maximum atomic E-state index is 11.6. The zero-order chi connectivity index (χ0) is 19.7. The topological polar surface area (TPSA) is 91.6 Å². The highest BCUT2D eigenvalue weighted by Crippen LogP contribution is 2.32. The maximum absolute atomic E-state index is 11.6. The Morgan fingerprint density at radius 2 is 1.93 bits per heavy atom. The first kappa shape index (κ1) is 18.4. The number of carbonyl (C=O) groups excluding carboxylic acids is 1. The van der Waals surface area contributed by atoms with Crippen molar-refractivity contribution in [1.82, 2.24) is 4.98 Å². The number of aromatic nitrogens is 1. The van der Waals surface area contributed by atoms with Crippen LogP contribution in [0.3, 0.4) is 0 Å². The number of hydrogen-bond donors (Lipinski definition) is 3. The minimum atomic E-state index is -0.674. The number of fused-ring (bicyclic) bond motifs is 1. The first-order valence-corrected chi connectivity index (χ1v) is 9.49. The molecule has 0 bridgehead atoms. The monoisotopic (exact) mass is 379 g/mol. The molecule has 1 amide bonds. The van der Waals surface area contributed by atoms with Crippen LogP contribution >= 0.6 is 0 Å². The number of anilines is 1. The molecule has 4 N–H and O–H groups in total. The van der Waals surface area contributed by atoms with Crippen LogP contribution < -0.4 is 15.4 Å². The molecule has 1 aliphatic rings. The molecule has 4 rings (SSSR count). The van der Waals surface area contributed by atoms with Gasteiger partial charge in [0.15, 0.2) is 0 Å². The van der Waals surface area contributed by atoms with E-state index >= 15 is 0 Å². The highest BCUT2D eigenvalue weighted by Gasteiger charge is 2.33. The summed E-state index contributed by atoms with van der Waals surface area (Å²) in [5.41, 5.74) is 7.21. The average Bonchev–Trinajstić information content (AvgIpc) is 3.10. The van der Waals surface area contributed by atoms with Gasteiger partial charge in [-0.05, 0) is 30.5 Å². The minimum absolute atomic E-state index is 0.372. The van der Waals surface area contributed by atoms with E-state index in [4.69, 9.17) is 10.5 Å². The van der Waals surface area contributed by atoms with E-state index in [2.05, 4.69) is 22.0 Å². The smallest absolute Gasteiger partial charge is 0.252 e. The van der Waals surface area contributed by atoms with Crippen LogP contribution in [-0.2, 0) is 6.42 Å². The van der Waals surface area contributed by atoms with Gasteiger partial charge in [-0.15, -0.1) is 0 Å². The summed E-state index contributed by atoms with van der Waals surface area (Å²) in [6.07, 6.45) is 2.08. The second-order valence-corrected chi connectivity index (χ2v) is 7.53. The number of H-pyrrole nitrogens is 1. The number of nitrogens with two attached hydrogens (primary N) is 1. The quantitative estimate of drug-likeness (QED) is 0.636. The van der Waals surface area contributed by atoms with Crippen LogP contribution in [0, 0.1) is 0 Å². The van der Waals surface area contributed by atoms with Crippen LogP contribution in [0.1, 0.15) is 28.8 Å². The fraction of sp³-hybridized carbons (Fsp3) is 0.318.